The highest BCUT2D eigenvalue weighted by molar-refractivity contribution is 5.84. The summed E-state index contributed by atoms with van der Waals surface area (Å²) in [4.78, 5) is 14.7. The van der Waals surface area contributed by atoms with Crippen molar-refractivity contribution in [1.29, 1.82) is 0 Å². The normalized spacial score (nSPS) is 17.7. The molecule has 0 amide bonds. The standard InChI is InChI=1S/C57H52N6O5/c1-66-46-32-28-42(29-33-46)56(40-20-10-4-11-21-40,41-22-12-5-13-23-41)52(65)51-50(64)48(58-36-39-18-8-3-9-19-39)55(68-51)63-38-61-49-53(59-37-60-54(49)63)62-57(43-24-14-6-15-25-43,44-26-16-7-17-27-44)45-30-34-47(67-2)35-31-45/h3-35,37-38,48,50-52,55,58,64-65H,36H2,1-2H3,(H,59,60,62)/t48?,50-,51-,52?,55+/m0/s1. The van der Waals surface area contributed by atoms with Gasteiger partial charge in [-0.15, -0.1) is 0 Å². The van der Waals surface area contributed by atoms with Crippen molar-refractivity contribution in [3.05, 3.63) is 252 Å². The minimum absolute atomic E-state index is 0.416. The van der Waals surface area contributed by atoms with E-state index in [0.29, 0.717) is 29.3 Å². The van der Waals surface area contributed by atoms with Crippen LogP contribution in [0, 0.1) is 0 Å². The zero-order valence-corrected chi connectivity index (χ0v) is 37.7. The molecule has 68 heavy (non-hydrogen) atoms. The van der Waals surface area contributed by atoms with Gasteiger partial charge in [-0.25, -0.2) is 15.0 Å². The first-order chi connectivity index (χ1) is 33.4. The van der Waals surface area contributed by atoms with Crippen molar-refractivity contribution in [1.82, 2.24) is 24.8 Å². The molecule has 0 saturated carbocycles. The first-order valence-corrected chi connectivity index (χ1v) is 22.7. The number of aliphatic hydroxyl groups is 2. The Labute approximate surface area is 395 Å². The van der Waals surface area contributed by atoms with Gasteiger partial charge in [0.05, 0.1) is 32.0 Å². The van der Waals surface area contributed by atoms with Crippen LogP contribution in [0.3, 0.4) is 0 Å². The van der Waals surface area contributed by atoms with Gasteiger partial charge in [0, 0.05) is 6.54 Å². The monoisotopic (exact) mass is 900 g/mol. The van der Waals surface area contributed by atoms with E-state index in [-0.39, 0.29) is 0 Å². The summed E-state index contributed by atoms with van der Waals surface area (Å²) in [5, 5.41) is 33.7. The van der Waals surface area contributed by atoms with E-state index in [1.165, 1.54) is 6.33 Å². The van der Waals surface area contributed by atoms with Gasteiger partial charge in [-0.3, -0.25) is 4.57 Å². The van der Waals surface area contributed by atoms with Gasteiger partial charge in [0.25, 0.3) is 0 Å². The number of aromatic nitrogens is 4. The molecule has 1 saturated heterocycles. The number of nitrogens with one attached hydrogen (secondary N) is 2. The van der Waals surface area contributed by atoms with Gasteiger partial charge in [-0.2, -0.15) is 0 Å². The fourth-order valence-electron chi connectivity index (χ4n) is 10.0. The second kappa shape index (κ2) is 19.3. The summed E-state index contributed by atoms with van der Waals surface area (Å²) in [6.07, 6.45) is -1.38. The smallest absolute Gasteiger partial charge is 0.167 e. The van der Waals surface area contributed by atoms with E-state index in [4.69, 9.17) is 29.2 Å². The first-order valence-electron chi connectivity index (χ1n) is 22.7. The van der Waals surface area contributed by atoms with E-state index in [2.05, 4.69) is 47.0 Å². The summed E-state index contributed by atoms with van der Waals surface area (Å²) in [6, 6.07) is 65.3. The Hall–Kier alpha value is -7.67. The number of nitrogens with zero attached hydrogens (tertiary/aromatic N) is 4. The Morgan fingerprint density at radius 2 is 1.04 bits per heavy atom. The van der Waals surface area contributed by atoms with Crippen molar-refractivity contribution < 1.29 is 24.4 Å². The van der Waals surface area contributed by atoms with E-state index in [9.17, 15) is 10.2 Å². The predicted molar refractivity (Wildman–Crippen MR) is 263 cm³/mol. The molecule has 4 N–H and O–H groups in total. The van der Waals surface area contributed by atoms with Gasteiger partial charge in [0.1, 0.15) is 41.7 Å². The molecule has 1 fully saturated rings. The summed E-state index contributed by atoms with van der Waals surface area (Å²) in [6.45, 7) is 0.416. The Morgan fingerprint density at radius 3 is 1.56 bits per heavy atom. The molecule has 7 aromatic carbocycles. The van der Waals surface area contributed by atoms with Crippen LogP contribution in [0.2, 0.25) is 0 Å². The Kier molecular flexibility index (Phi) is 12.5. The van der Waals surface area contributed by atoms with E-state index >= 15 is 0 Å². The fourth-order valence-corrected chi connectivity index (χ4v) is 10.0. The van der Waals surface area contributed by atoms with Gasteiger partial charge in [-0.1, -0.05) is 176 Å². The molecule has 2 unspecified atom stereocenters. The molecule has 1 aliphatic heterocycles. The third-order valence-electron chi connectivity index (χ3n) is 13.3. The SMILES string of the molecule is COc1ccc(C(Nc2ncnc3c2ncn3[C@@H]2O[C@H](C(O)C(c3ccccc3)(c3ccccc3)c3ccc(OC)cc3)[C@@H](O)C2NCc2ccccc2)(c2ccccc2)c2ccccc2)cc1. The highest BCUT2D eigenvalue weighted by Crippen LogP contribution is 2.48. The van der Waals surface area contributed by atoms with E-state index in [0.717, 1.165) is 44.7 Å². The van der Waals surface area contributed by atoms with Crippen LogP contribution >= 0.6 is 0 Å². The first kappa shape index (κ1) is 44.2. The summed E-state index contributed by atoms with van der Waals surface area (Å²) < 4.78 is 20.1. The van der Waals surface area contributed by atoms with Crippen LogP contribution in [-0.2, 0) is 22.2 Å². The third-order valence-corrected chi connectivity index (χ3v) is 13.3. The van der Waals surface area contributed by atoms with Crippen molar-refractivity contribution >= 4 is 17.0 Å². The molecule has 9 aromatic rings. The molecule has 10 rings (SSSR count). The number of ether oxygens (including phenoxy) is 3. The molecule has 0 spiro atoms. The lowest BCUT2D eigenvalue weighted by atomic mass is 9.64. The molecule has 0 radical (unpaired) electrons. The Balaban J connectivity index is 1.11. The number of hydrogen-bond donors (Lipinski definition) is 4. The van der Waals surface area contributed by atoms with Gasteiger partial charge in [-0.05, 0) is 63.2 Å². The average Bonchev–Trinajstić information content (AvgIpc) is 3.99. The average molecular weight is 901 g/mol. The maximum atomic E-state index is 13.4. The molecule has 11 nitrogen and oxygen atoms in total. The summed E-state index contributed by atoms with van der Waals surface area (Å²) >= 11 is 0. The highest BCUT2D eigenvalue weighted by Gasteiger charge is 2.55. The van der Waals surface area contributed by atoms with Gasteiger partial charge in [0.2, 0.25) is 0 Å². The van der Waals surface area contributed by atoms with Crippen LogP contribution in [0.15, 0.2) is 213 Å². The molecule has 5 atom stereocenters. The van der Waals surface area contributed by atoms with Crippen LogP contribution < -0.4 is 20.1 Å². The molecule has 2 aromatic heterocycles. The zero-order chi connectivity index (χ0) is 46.5. The number of methoxy groups -OCH3 is 2. The lowest BCUT2D eigenvalue weighted by Crippen LogP contribution is -2.53. The number of rotatable bonds is 16. The quantitative estimate of drug-likeness (QED) is 0.0696. The fraction of sp³-hybridized carbons (Fsp3) is 0.175. The number of benzene rings is 7. The lowest BCUT2D eigenvalue weighted by Gasteiger charge is -2.43. The molecule has 1 aliphatic rings. The number of fused-ring (bicyclic) bond motifs is 1. The molecular weight excluding hydrogens is 849 g/mol. The van der Waals surface area contributed by atoms with Crippen LogP contribution in [0.5, 0.6) is 11.5 Å². The summed E-state index contributed by atoms with van der Waals surface area (Å²) in [5.74, 6) is 1.89. The van der Waals surface area contributed by atoms with E-state index < -0.39 is 41.5 Å². The largest absolute Gasteiger partial charge is 0.497 e. The van der Waals surface area contributed by atoms with Gasteiger partial charge >= 0.3 is 0 Å². The molecule has 3 heterocycles. The van der Waals surface area contributed by atoms with Gasteiger partial charge in [0.15, 0.2) is 23.2 Å². The topological polar surface area (TPSA) is 136 Å². The maximum absolute atomic E-state index is 13.4. The Morgan fingerprint density at radius 1 is 0.588 bits per heavy atom. The van der Waals surface area contributed by atoms with Crippen LogP contribution in [0.1, 0.15) is 45.2 Å². The second-order valence-electron chi connectivity index (χ2n) is 17.0. The number of aliphatic hydroxyl groups excluding tert-OH is 2. The van der Waals surface area contributed by atoms with E-state index in [1.54, 1.807) is 20.5 Å². The minimum Gasteiger partial charge on any atom is -0.497 e. The summed E-state index contributed by atoms with van der Waals surface area (Å²) in [5.41, 5.74) is 5.16. The molecule has 0 bridgehead atoms. The zero-order valence-electron chi connectivity index (χ0n) is 37.7. The molecule has 11 heteroatoms. The number of anilines is 1. The molecular formula is C57H52N6O5. The van der Waals surface area contributed by atoms with Crippen molar-refractivity contribution in [3.8, 4) is 11.5 Å². The molecule has 0 aliphatic carbocycles. The van der Waals surface area contributed by atoms with Crippen molar-refractivity contribution in [2.75, 3.05) is 19.5 Å². The number of imidazole rings is 1. The minimum atomic E-state index is -1.33. The predicted octanol–water partition coefficient (Wildman–Crippen LogP) is 9.06. The van der Waals surface area contributed by atoms with Crippen LogP contribution in [0.25, 0.3) is 11.2 Å². The van der Waals surface area contributed by atoms with E-state index in [1.807, 2.05) is 168 Å². The lowest BCUT2D eigenvalue weighted by molar-refractivity contribution is -0.0962. The highest BCUT2D eigenvalue weighted by atomic mass is 16.5. The van der Waals surface area contributed by atoms with Crippen molar-refractivity contribution in [3.63, 3.8) is 0 Å². The summed E-state index contributed by atoms with van der Waals surface area (Å²) in [7, 11) is 3.29. The third kappa shape index (κ3) is 7.95. The van der Waals surface area contributed by atoms with Gasteiger partial charge < -0.3 is 35.1 Å². The number of hydrogen-bond acceptors (Lipinski definition) is 10. The second-order valence-corrected chi connectivity index (χ2v) is 17.0. The maximum Gasteiger partial charge on any atom is 0.167 e. The van der Waals surface area contributed by atoms with Crippen molar-refractivity contribution in [2.45, 2.75) is 48.1 Å². The van der Waals surface area contributed by atoms with Crippen molar-refractivity contribution in [2.24, 2.45) is 0 Å². The Bertz CT molecular complexity index is 2960. The molecule has 340 valence electrons. The van der Waals surface area contributed by atoms with Crippen LogP contribution in [0.4, 0.5) is 5.82 Å². The van der Waals surface area contributed by atoms with Crippen LogP contribution in [-0.4, -0.2) is 68.3 Å².